The minimum Gasteiger partial charge on any atom is -0.491 e. The number of aryl methyl sites for hydroxylation is 1. The Hall–Kier alpha value is -3.05. The number of ether oxygens (including phenoxy) is 1. The molecule has 1 N–H and O–H groups in total. The Labute approximate surface area is 174 Å². The minimum atomic E-state index is -0.120. The second-order valence-electron chi connectivity index (χ2n) is 7.20. The zero-order chi connectivity index (χ0) is 20.4. The zero-order valence-corrected chi connectivity index (χ0v) is 17.5. The first-order valence-electron chi connectivity index (χ1n) is 9.63. The molecule has 4 nitrogen and oxygen atoms in total. The first kappa shape index (κ1) is 19.3. The third-order valence-electron chi connectivity index (χ3n) is 4.57. The number of benzene rings is 2. The van der Waals surface area contributed by atoms with Gasteiger partial charge in [-0.15, -0.1) is 11.3 Å². The molecule has 4 aromatic rings. The van der Waals surface area contributed by atoms with Crippen molar-refractivity contribution in [2.75, 3.05) is 0 Å². The van der Waals surface area contributed by atoms with Crippen molar-refractivity contribution in [2.45, 2.75) is 33.4 Å². The Morgan fingerprint density at radius 2 is 1.83 bits per heavy atom. The van der Waals surface area contributed by atoms with Crippen molar-refractivity contribution in [3.63, 3.8) is 0 Å². The maximum absolute atomic E-state index is 12.9. The number of hydrogen-bond donors (Lipinski definition) is 1. The molecule has 0 unspecified atom stereocenters. The summed E-state index contributed by atoms with van der Waals surface area (Å²) in [5, 5.41) is 3.01. The fraction of sp³-hybridized carbons (Fsp3) is 0.208. The second kappa shape index (κ2) is 8.13. The smallest absolute Gasteiger partial charge is 0.256 e. The van der Waals surface area contributed by atoms with Crippen LogP contribution in [-0.4, -0.2) is 12.0 Å². The van der Waals surface area contributed by atoms with E-state index in [4.69, 9.17) is 9.15 Å². The molecular weight excluding hydrogens is 382 g/mol. The molecule has 2 aromatic carbocycles. The number of rotatable bonds is 6. The van der Waals surface area contributed by atoms with E-state index in [0.29, 0.717) is 17.7 Å². The summed E-state index contributed by atoms with van der Waals surface area (Å²) in [5.74, 6) is 1.49. The van der Waals surface area contributed by atoms with Gasteiger partial charge in [-0.05, 0) is 38.5 Å². The van der Waals surface area contributed by atoms with E-state index in [0.717, 1.165) is 32.2 Å². The standard InChI is InChI=1S/C24H23NO3S/c1-15(2)27-19-11-9-17(10-12-19)14-25-24(26)22-16(3)29-21-13-20(28-23(21)22)18-7-5-4-6-8-18/h4-13,15H,14H2,1-3H3,(H,25,26). The highest BCUT2D eigenvalue weighted by molar-refractivity contribution is 7.19. The van der Waals surface area contributed by atoms with Gasteiger partial charge in [0.2, 0.25) is 0 Å². The Kier molecular flexibility index (Phi) is 5.41. The van der Waals surface area contributed by atoms with Gasteiger partial charge < -0.3 is 14.5 Å². The summed E-state index contributed by atoms with van der Waals surface area (Å²) in [4.78, 5) is 13.8. The first-order valence-corrected chi connectivity index (χ1v) is 10.4. The van der Waals surface area contributed by atoms with E-state index in [1.54, 1.807) is 11.3 Å². The third kappa shape index (κ3) is 4.20. The Bertz CT molecular complexity index is 1120. The number of carbonyl (C=O) groups excluding carboxylic acids is 1. The van der Waals surface area contributed by atoms with Crippen LogP contribution in [-0.2, 0) is 6.54 Å². The van der Waals surface area contributed by atoms with E-state index in [-0.39, 0.29) is 12.0 Å². The maximum Gasteiger partial charge on any atom is 0.256 e. The SMILES string of the molecule is Cc1sc2cc(-c3ccccc3)oc2c1C(=O)NCc1ccc(OC(C)C)cc1. The van der Waals surface area contributed by atoms with Gasteiger partial charge in [0.05, 0.1) is 16.4 Å². The summed E-state index contributed by atoms with van der Waals surface area (Å²) in [5.41, 5.74) is 3.29. The van der Waals surface area contributed by atoms with Gasteiger partial charge in [0, 0.05) is 23.1 Å². The third-order valence-corrected chi connectivity index (χ3v) is 5.61. The summed E-state index contributed by atoms with van der Waals surface area (Å²) >= 11 is 1.58. The average molecular weight is 406 g/mol. The lowest BCUT2D eigenvalue weighted by Gasteiger charge is -2.10. The number of nitrogens with one attached hydrogen (secondary N) is 1. The lowest BCUT2D eigenvalue weighted by Crippen LogP contribution is -2.23. The van der Waals surface area contributed by atoms with Gasteiger partial charge in [0.1, 0.15) is 11.5 Å². The van der Waals surface area contributed by atoms with Gasteiger partial charge in [-0.25, -0.2) is 0 Å². The number of hydrogen-bond acceptors (Lipinski definition) is 4. The topological polar surface area (TPSA) is 51.5 Å². The first-order chi connectivity index (χ1) is 14.0. The van der Waals surface area contributed by atoms with Crippen molar-refractivity contribution >= 4 is 27.5 Å². The van der Waals surface area contributed by atoms with Crippen molar-refractivity contribution in [1.29, 1.82) is 0 Å². The number of furan rings is 1. The normalized spacial score (nSPS) is 11.2. The van der Waals surface area contributed by atoms with Crippen LogP contribution in [0.25, 0.3) is 21.6 Å². The summed E-state index contributed by atoms with van der Waals surface area (Å²) < 4.78 is 12.7. The van der Waals surface area contributed by atoms with Gasteiger partial charge >= 0.3 is 0 Å². The monoisotopic (exact) mass is 405 g/mol. The number of carbonyl (C=O) groups is 1. The van der Waals surface area contributed by atoms with Gasteiger partial charge in [0.15, 0.2) is 5.58 Å². The van der Waals surface area contributed by atoms with Crippen LogP contribution in [0.4, 0.5) is 0 Å². The molecule has 0 fully saturated rings. The molecule has 0 spiro atoms. The largest absolute Gasteiger partial charge is 0.491 e. The molecule has 0 radical (unpaired) electrons. The van der Waals surface area contributed by atoms with E-state index in [9.17, 15) is 4.79 Å². The molecule has 5 heteroatoms. The molecule has 2 aromatic heterocycles. The highest BCUT2D eigenvalue weighted by Gasteiger charge is 2.21. The van der Waals surface area contributed by atoms with Crippen LogP contribution in [0.2, 0.25) is 0 Å². The van der Waals surface area contributed by atoms with Crippen LogP contribution in [0.15, 0.2) is 65.1 Å². The maximum atomic E-state index is 12.9. The van der Waals surface area contributed by atoms with Gasteiger partial charge in [0.25, 0.3) is 5.91 Å². The van der Waals surface area contributed by atoms with Crippen LogP contribution in [0.5, 0.6) is 5.75 Å². The molecule has 0 saturated heterocycles. The molecule has 0 atom stereocenters. The second-order valence-corrected chi connectivity index (χ2v) is 8.45. The molecule has 0 saturated carbocycles. The zero-order valence-electron chi connectivity index (χ0n) is 16.7. The highest BCUT2D eigenvalue weighted by Crippen LogP contribution is 2.37. The Balaban J connectivity index is 1.51. The summed E-state index contributed by atoms with van der Waals surface area (Å²) in [6.45, 7) is 6.39. The van der Waals surface area contributed by atoms with Crippen molar-refractivity contribution in [2.24, 2.45) is 0 Å². The predicted molar refractivity (Wildman–Crippen MR) is 118 cm³/mol. The van der Waals surface area contributed by atoms with Crippen LogP contribution in [0.1, 0.15) is 34.6 Å². The van der Waals surface area contributed by atoms with Crippen LogP contribution in [0.3, 0.4) is 0 Å². The average Bonchev–Trinajstić information content (AvgIpc) is 3.24. The Morgan fingerprint density at radius 1 is 1.10 bits per heavy atom. The summed E-state index contributed by atoms with van der Waals surface area (Å²) in [6, 6.07) is 19.7. The molecule has 2 heterocycles. The lowest BCUT2D eigenvalue weighted by atomic mass is 10.2. The fourth-order valence-electron chi connectivity index (χ4n) is 3.24. The molecule has 0 aliphatic carbocycles. The quantitative estimate of drug-likeness (QED) is 0.416. The van der Waals surface area contributed by atoms with E-state index in [1.165, 1.54) is 0 Å². The predicted octanol–water partition coefficient (Wildman–Crippen LogP) is 6.19. The summed E-state index contributed by atoms with van der Waals surface area (Å²) in [7, 11) is 0. The summed E-state index contributed by atoms with van der Waals surface area (Å²) in [6.07, 6.45) is 0.138. The number of amides is 1. The molecule has 29 heavy (non-hydrogen) atoms. The molecule has 0 bridgehead atoms. The van der Waals surface area contributed by atoms with Crippen LogP contribution in [0, 0.1) is 6.92 Å². The molecule has 4 rings (SSSR count). The van der Waals surface area contributed by atoms with Crippen LogP contribution >= 0.6 is 11.3 Å². The van der Waals surface area contributed by atoms with Crippen molar-refractivity contribution in [3.05, 3.63) is 76.7 Å². The lowest BCUT2D eigenvalue weighted by molar-refractivity contribution is 0.0951. The molecule has 148 valence electrons. The molecule has 0 aliphatic heterocycles. The minimum absolute atomic E-state index is 0.120. The van der Waals surface area contributed by atoms with E-state index < -0.39 is 0 Å². The highest BCUT2D eigenvalue weighted by atomic mass is 32.1. The van der Waals surface area contributed by atoms with Crippen LogP contribution < -0.4 is 10.1 Å². The van der Waals surface area contributed by atoms with Gasteiger partial charge in [-0.3, -0.25) is 4.79 Å². The van der Waals surface area contributed by atoms with E-state index >= 15 is 0 Å². The fourth-order valence-corrected chi connectivity index (χ4v) is 4.26. The number of thiophene rings is 1. The van der Waals surface area contributed by atoms with Gasteiger partial charge in [-0.1, -0.05) is 42.5 Å². The van der Waals surface area contributed by atoms with E-state index in [1.807, 2.05) is 81.4 Å². The van der Waals surface area contributed by atoms with Crippen molar-refractivity contribution in [1.82, 2.24) is 5.32 Å². The van der Waals surface area contributed by atoms with Gasteiger partial charge in [-0.2, -0.15) is 0 Å². The molecule has 1 amide bonds. The van der Waals surface area contributed by atoms with E-state index in [2.05, 4.69) is 5.32 Å². The van der Waals surface area contributed by atoms with Crippen molar-refractivity contribution < 1.29 is 13.9 Å². The Morgan fingerprint density at radius 3 is 2.52 bits per heavy atom. The number of fused-ring (bicyclic) bond motifs is 1. The molecular formula is C24H23NO3S. The van der Waals surface area contributed by atoms with Crippen molar-refractivity contribution in [3.8, 4) is 17.1 Å². The molecule has 0 aliphatic rings.